The zero-order valence-corrected chi connectivity index (χ0v) is 12.1. The molecule has 0 aliphatic carbocycles. The second-order valence-electron chi connectivity index (χ2n) is 4.18. The molecule has 3 nitrogen and oxygen atoms in total. The molecule has 2 unspecified atom stereocenters. The van der Waals surface area contributed by atoms with Crippen molar-refractivity contribution in [3.63, 3.8) is 0 Å². The van der Waals surface area contributed by atoms with Gasteiger partial charge in [0, 0.05) is 18.2 Å². The predicted molar refractivity (Wildman–Crippen MR) is 69.2 cm³/mol. The number of halogens is 3. The number of thiazole rings is 1. The molecule has 1 N–H and O–H groups in total. The van der Waals surface area contributed by atoms with E-state index >= 15 is 0 Å². The Morgan fingerprint density at radius 3 is 2.53 bits per heavy atom. The largest absolute Gasteiger partial charge is 0.443 e. The van der Waals surface area contributed by atoms with Crippen LogP contribution >= 0.6 is 11.3 Å². The van der Waals surface area contributed by atoms with Gasteiger partial charge in [0.15, 0.2) is 5.01 Å². The van der Waals surface area contributed by atoms with E-state index in [1.54, 1.807) is 7.11 Å². The van der Waals surface area contributed by atoms with Crippen LogP contribution in [0.5, 0.6) is 0 Å². The zero-order valence-electron chi connectivity index (χ0n) is 11.3. The van der Waals surface area contributed by atoms with Crippen molar-refractivity contribution in [2.24, 2.45) is 0 Å². The molecule has 0 aliphatic rings. The van der Waals surface area contributed by atoms with Gasteiger partial charge in [-0.25, -0.2) is 4.98 Å². The molecule has 0 bridgehead atoms. The molecule has 7 heteroatoms. The van der Waals surface area contributed by atoms with Crippen molar-refractivity contribution >= 4 is 11.3 Å². The Labute approximate surface area is 115 Å². The van der Waals surface area contributed by atoms with Crippen LogP contribution in [0.25, 0.3) is 0 Å². The first-order valence-corrected chi connectivity index (χ1v) is 7.04. The van der Waals surface area contributed by atoms with Crippen LogP contribution in [0.3, 0.4) is 0 Å². The normalized spacial score (nSPS) is 15.5. The summed E-state index contributed by atoms with van der Waals surface area (Å²) in [5, 5.41) is 2.42. The fourth-order valence-corrected chi connectivity index (χ4v) is 2.73. The number of alkyl halides is 3. The maximum atomic E-state index is 12.6. The summed E-state index contributed by atoms with van der Waals surface area (Å²) < 4.78 is 43.1. The van der Waals surface area contributed by atoms with Crippen LogP contribution in [0.2, 0.25) is 0 Å². The van der Waals surface area contributed by atoms with Crippen LogP contribution < -0.4 is 5.32 Å². The number of hydrogen-bond acceptors (Lipinski definition) is 4. The molecule has 0 radical (unpaired) electrons. The molecule has 1 heterocycles. The maximum absolute atomic E-state index is 12.6. The first-order chi connectivity index (χ1) is 8.93. The van der Waals surface area contributed by atoms with E-state index in [1.807, 2.05) is 13.8 Å². The molecule has 1 aromatic rings. The molecule has 1 aromatic heterocycles. The topological polar surface area (TPSA) is 34.2 Å². The van der Waals surface area contributed by atoms with Crippen molar-refractivity contribution in [3.05, 3.63) is 16.1 Å². The van der Waals surface area contributed by atoms with E-state index < -0.39 is 11.2 Å². The van der Waals surface area contributed by atoms with E-state index in [0.29, 0.717) is 16.2 Å². The number of nitrogens with one attached hydrogen (secondary N) is 1. The molecule has 0 saturated carbocycles. The van der Waals surface area contributed by atoms with Gasteiger partial charge in [-0.2, -0.15) is 13.2 Å². The van der Waals surface area contributed by atoms with Gasteiger partial charge in [0.1, 0.15) is 0 Å². The number of hydrogen-bond donors (Lipinski definition) is 1. The van der Waals surface area contributed by atoms with Crippen LogP contribution in [0, 0.1) is 0 Å². The van der Waals surface area contributed by atoms with E-state index in [2.05, 4.69) is 10.3 Å². The summed E-state index contributed by atoms with van der Waals surface area (Å²) in [5.74, 6) is 0. The van der Waals surface area contributed by atoms with Crippen molar-refractivity contribution in [1.29, 1.82) is 0 Å². The van der Waals surface area contributed by atoms with Gasteiger partial charge in [0.2, 0.25) is 0 Å². The molecule has 0 amide bonds. The third-order valence-corrected chi connectivity index (χ3v) is 3.89. The minimum atomic E-state index is -4.38. The Bertz CT molecular complexity index is 377. The molecular formula is C12H19F3N2OS. The highest BCUT2D eigenvalue weighted by molar-refractivity contribution is 7.11. The molecule has 0 aliphatic heterocycles. The summed E-state index contributed by atoms with van der Waals surface area (Å²) in [6.07, 6.45) is -1.62. The molecule has 0 saturated heterocycles. The van der Waals surface area contributed by atoms with Crippen molar-refractivity contribution in [1.82, 2.24) is 10.3 Å². The summed E-state index contributed by atoms with van der Waals surface area (Å²) in [6.45, 7) is 4.68. The summed E-state index contributed by atoms with van der Waals surface area (Å²) in [7, 11) is 1.57. The molecular weight excluding hydrogens is 277 g/mol. The second kappa shape index (κ2) is 7.21. The summed E-state index contributed by atoms with van der Waals surface area (Å²) in [6, 6.07) is -0.247. The molecule has 2 atom stereocenters. The van der Waals surface area contributed by atoms with Crippen molar-refractivity contribution < 1.29 is 17.9 Å². The van der Waals surface area contributed by atoms with Crippen LogP contribution in [-0.2, 0) is 10.9 Å². The third kappa shape index (κ3) is 4.43. The van der Waals surface area contributed by atoms with E-state index in [1.165, 1.54) is 6.20 Å². The van der Waals surface area contributed by atoms with Gasteiger partial charge in [-0.3, -0.25) is 0 Å². The van der Waals surface area contributed by atoms with E-state index in [9.17, 15) is 13.2 Å². The molecule has 19 heavy (non-hydrogen) atoms. The monoisotopic (exact) mass is 296 g/mol. The van der Waals surface area contributed by atoms with Gasteiger partial charge < -0.3 is 10.1 Å². The number of nitrogens with zero attached hydrogens (tertiary/aromatic N) is 1. The average Bonchev–Trinajstić information content (AvgIpc) is 2.83. The van der Waals surface area contributed by atoms with Crippen molar-refractivity contribution in [2.75, 3.05) is 13.7 Å². The predicted octanol–water partition coefficient (Wildman–Crippen LogP) is 3.63. The van der Waals surface area contributed by atoms with Crippen LogP contribution in [-0.4, -0.2) is 24.7 Å². The maximum Gasteiger partial charge on any atom is 0.443 e. The third-order valence-electron chi connectivity index (χ3n) is 2.76. The number of rotatable bonds is 7. The summed E-state index contributed by atoms with van der Waals surface area (Å²) in [4.78, 5) is 4.03. The second-order valence-corrected chi connectivity index (χ2v) is 5.24. The van der Waals surface area contributed by atoms with Crippen LogP contribution in [0.1, 0.15) is 42.6 Å². The van der Waals surface area contributed by atoms with Crippen LogP contribution in [0.4, 0.5) is 13.2 Å². The Hall–Kier alpha value is -0.660. The van der Waals surface area contributed by atoms with E-state index in [4.69, 9.17) is 4.74 Å². The lowest BCUT2D eigenvalue weighted by Crippen LogP contribution is -2.32. The minimum absolute atomic E-state index is 0.159. The SMILES string of the molecule is CCCNC(c1cnc(C(F)(F)F)s1)C(CC)OC. The highest BCUT2D eigenvalue weighted by atomic mass is 32.1. The zero-order chi connectivity index (χ0) is 14.5. The molecule has 0 aromatic carbocycles. The molecule has 0 spiro atoms. The minimum Gasteiger partial charge on any atom is -0.379 e. The quantitative estimate of drug-likeness (QED) is 0.834. The lowest BCUT2D eigenvalue weighted by atomic mass is 10.1. The van der Waals surface area contributed by atoms with Gasteiger partial charge in [-0.15, -0.1) is 11.3 Å². The fourth-order valence-electron chi connectivity index (χ4n) is 1.81. The standard InChI is InChI=1S/C12H19F3N2OS/c1-4-6-16-10(8(5-2)18-3)9-7-17-11(19-9)12(13,14)15/h7-8,10,16H,4-6H2,1-3H3. The highest BCUT2D eigenvalue weighted by Crippen LogP contribution is 2.35. The average molecular weight is 296 g/mol. The van der Waals surface area contributed by atoms with Gasteiger partial charge in [-0.1, -0.05) is 13.8 Å². The lowest BCUT2D eigenvalue weighted by Gasteiger charge is -2.25. The Kier molecular flexibility index (Phi) is 6.22. The van der Waals surface area contributed by atoms with E-state index in [-0.39, 0.29) is 12.1 Å². The first kappa shape index (κ1) is 16.4. The summed E-state index contributed by atoms with van der Waals surface area (Å²) in [5.41, 5.74) is 0. The van der Waals surface area contributed by atoms with Crippen molar-refractivity contribution in [2.45, 2.75) is 45.0 Å². The first-order valence-electron chi connectivity index (χ1n) is 6.23. The fraction of sp³-hybridized carbons (Fsp3) is 0.750. The Morgan fingerprint density at radius 1 is 1.42 bits per heavy atom. The molecule has 1 rings (SSSR count). The summed E-state index contributed by atoms with van der Waals surface area (Å²) >= 11 is 0.679. The lowest BCUT2D eigenvalue weighted by molar-refractivity contribution is -0.137. The highest BCUT2D eigenvalue weighted by Gasteiger charge is 2.36. The number of aromatic nitrogens is 1. The van der Waals surface area contributed by atoms with Crippen LogP contribution in [0.15, 0.2) is 6.20 Å². The smallest absolute Gasteiger partial charge is 0.379 e. The van der Waals surface area contributed by atoms with E-state index in [0.717, 1.165) is 19.4 Å². The van der Waals surface area contributed by atoms with Gasteiger partial charge in [-0.05, 0) is 19.4 Å². The van der Waals surface area contributed by atoms with Gasteiger partial charge in [0.05, 0.1) is 12.1 Å². The number of methoxy groups -OCH3 is 1. The van der Waals surface area contributed by atoms with Gasteiger partial charge >= 0.3 is 6.18 Å². The van der Waals surface area contributed by atoms with Crippen molar-refractivity contribution in [3.8, 4) is 0 Å². The van der Waals surface area contributed by atoms with Gasteiger partial charge in [0.25, 0.3) is 0 Å². The Morgan fingerprint density at radius 2 is 2.11 bits per heavy atom. The Balaban J connectivity index is 2.93. The molecule has 0 fully saturated rings. The number of ether oxygens (including phenoxy) is 1. The molecule has 110 valence electrons.